The monoisotopic (exact) mass is 918 g/mol. The Labute approximate surface area is 395 Å². The van der Waals surface area contributed by atoms with Gasteiger partial charge in [0.2, 0.25) is 11.6 Å². The number of benzene rings is 4. The van der Waals surface area contributed by atoms with Crippen LogP contribution in [0.1, 0.15) is 94.2 Å². The normalized spacial score (nSPS) is 14.8. The number of aryl methyl sites for hydroxylation is 2. The van der Waals surface area contributed by atoms with Crippen LogP contribution >= 0.6 is 0 Å². The Balaban J connectivity index is 0.874. The second-order valence-electron chi connectivity index (χ2n) is 18.5. The number of ether oxygens (including phenoxy) is 3. The van der Waals surface area contributed by atoms with E-state index in [2.05, 4.69) is 43.4 Å². The average molecular weight is 919 g/mol. The van der Waals surface area contributed by atoms with E-state index in [9.17, 15) is 25.2 Å². The van der Waals surface area contributed by atoms with E-state index < -0.39 is 23.6 Å². The molecule has 350 valence electrons. The highest BCUT2D eigenvalue weighted by Gasteiger charge is 2.36. The van der Waals surface area contributed by atoms with E-state index >= 15 is 0 Å². The van der Waals surface area contributed by atoms with Crippen molar-refractivity contribution < 1.29 is 38.0 Å². The maximum absolute atomic E-state index is 13.6. The quantitative estimate of drug-likeness (QED) is 0.0953. The summed E-state index contributed by atoms with van der Waals surface area (Å²) in [6.45, 7) is 13.4. The lowest BCUT2D eigenvalue weighted by molar-refractivity contribution is -0.163. The first-order chi connectivity index (χ1) is 32.6. The fourth-order valence-corrected chi connectivity index (χ4v) is 8.82. The van der Waals surface area contributed by atoms with Crippen LogP contribution in [-0.2, 0) is 40.3 Å². The van der Waals surface area contributed by atoms with Crippen LogP contribution in [-0.4, -0.2) is 90.6 Å². The van der Waals surface area contributed by atoms with Crippen molar-refractivity contribution in [2.24, 2.45) is 0 Å². The van der Waals surface area contributed by atoms with Gasteiger partial charge in [0.25, 0.3) is 11.8 Å². The molecule has 2 aromatic heterocycles. The van der Waals surface area contributed by atoms with Gasteiger partial charge in [-0.1, -0.05) is 34.6 Å². The highest BCUT2D eigenvalue weighted by Crippen LogP contribution is 2.33. The fourth-order valence-electron chi connectivity index (χ4n) is 8.82. The minimum Gasteiger partial charge on any atom is -0.490 e. The summed E-state index contributed by atoms with van der Waals surface area (Å²) in [5, 5.41) is 38.4. The first-order valence-electron chi connectivity index (χ1n) is 22.9. The van der Waals surface area contributed by atoms with Crippen LogP contribution in [0, 0.1) is 22.7 Å². The molecular formula is C52H54N8O8. The predicted octanol–water partition coefficient (Wildman–Crippen LogP) is 8.80. The summed E-state index contributed by atoms with van der Waals surface area (Å²) in [5.41, 5.74) is 6.74. The number of carbonyl (C=O) groups is 2. The van der Waals surface area contributed by atoms with Crippen molar-refractivity contribution >= 4 is 11.9 Å². The van der Waals surface area contributed by atoms with Crippen molar-refractivity contribution in [3.63, 3.8) is 0 Å². The van der Waals surface area contributed by atoms with Crippen molar-refractivity contribution in [3.8, 4) is 69.3 Å². The topological polar surface area (TPSA) is 214 Å². The third kappa shape index (κ3) is 11.1. The maximum Gasteiger partial charge on any atom is 0.321 e. The molecule has 8 rings (SSSR count). The SMILES string of the molecule is CC(C)Oc1ccc(-c2nc(-c3ccc4c(c3)CCCN(CC(=O)OC(C)(C)CC(C(=O)O)N3CCCc5cc(-c6noc(-c7ccc(OC(C)C)c(C#N)c7)n6)ccc5C3)C4)no2)cc1C#N. The van der Waals surface area contributed by atoms with E-state index in [4.69, 9.17) is 23.3 Å². The van der Waals surface area contributed by atoms with Gasteiger partial charge in [-0.25, -0.2) is 0 Å². The van der Waals surface area contributed by atoms with E-state index in [1.165, 1.54) is 0 Å². The van der Waals surface area contributed by atoms with Gasteiger partial charge >= 0.3 is 11.9 Å². The van der Waals surface area contributed by atoms with Crippen LogP contribution in [0.2, 0.25) is 0 Å². The molecule has 2 aliphatic rings. The van der Waals surface area contributed by atoms with Crippen molar-refractivity contribution in [2.75, 3.05) is 19.6 Å². The smallest absolute Gasteiger partial charge is 0.321 e. The van der Waals surface area contributed by atoms with E-state index in [1.807, 2.05) is 62.9 Å². The molecule has 0 aliphatic carbocycles. The zero-order valence-electron chi connectivity index (χ0n) is 39.1. The standard InChI is InChI=1S/C52H54N8O8/c1-31(2)64-44-17-15-37(23-41(44)26-53)49-55-47(57-67-49)35-11-13-39-28-59(19-7-9-33(39)21-35)30-46(61)66-52(5,6)25-43(51(62)63)60-20-8-10-34-22-36(12-14-40(34)29-60)48-56-50(68-58-48)38-16-18-45(65-32(3)4)42(24-38)27-54/h11-18,21-24,31-32,43H,7-10,19-20,25,28-30H2,1-6H3,(H,62,63). The summed E-state index contributed by atoms with van der Waals surface area (Å²) < 4.78 is 28.8. The Morgan fingerprint density at radius 2 is 1.21 bits per heavy atom. The van der Waals surface area contributed by atoms with Gasteiger partial charge in [-0.2, -0.15) is 20.5 Å². The van der Waals surface area contributed by atoms with Gasteiger partial charge < -0.3 is 28.4 Å². The van der Waals surface area contributed by atoms with Gasteiger partial charge in [-0.05, 0) is 151 Å². The number of nitrogens with zero attached hydrogens (tertiary/aromatic N) is 8. The summed E-state index contributed by atoms with van der Waals surface area (Å²) in [6.07, 6.45) is 3.00. The number of aliphatic carboxylic acids is 1. The molecule has 0 fully saturated rings. The third-order valence-electron chi connectivity index (χ3n) is 11.9. The fraction of sp³-hybridized carbons (Fsp3) is 0.385. The summed E-state index contributed by atoms with van der Waals surface area (Å²) in [5.74, 6) is 0.994. The first-order valence-corrected chi connectivity index (χ1v) is 22.9. The van der Waals surface area contributed by atoms with Gasteiger partial charge in [-0.3, -0.25) is 19.4 Å². The zero-order chi connectivity index (χ0) is 48.1. The second kappa shape index (κ2) is 20.2. The van der Waals surface area contributed by atoms with Gasteiger partial charge in [-0.15, -0.1) is 0 Å². The van der Waals surface area contributed by atoms with Gasteiger partial charge in [0, 0.05) is 41.8 Å². The Kier molecular flexibility index (Phi) is 14.0. The molecule has 2 aliphatic heterocycles. The van der Waals surface area contributed by atoms with Gasteiger partial charge in [0.05, 0.1) is 29.9 Å². The van der Waals surface area contributed by atoms with E-state index in [0.717, 1.165) is 59.1 Å². The highest BCUT2D eigenvalue weighted by molar-refractivity contribution is 5.75. The van der Waals surface area contributed by atoms with Crippen LogP contribution in [0.4, 0.5) is 0 Å². The molecule has 16 nitrogen and oxygen atoms in total. The number of nitriles is 2. The highest BCUT2D eigenvalue weighted by atomic mass is 16.6. The number of hydrogen-bond acceptors (Lipinski definition) is 15. The number of esters is 1. The maximum atomic E-state index is 13.6. The molecule has 6 aromatic rings. The second-order valence-corrected chi connectivity index (χ2v) is 18.5. The molecule has 0 bridgehead atoms. The zero-order valence-corrected chi connectivity index (χ0v) is 39.1. The molecule has 0 amide bonds. The Hall–Kier alpha value is -7.40. The van der Waals surface area contributed by atoms with Crippen molar-refractivity contribution in [2.45, 2.75) is 111 Å². The van der Waals surface area contributed by atoms with Gasteiger partial charge in [0.1, 0.15) is 35.3 Å². The lowest BCUT2D eigenvalue weighted by Gasteiger charge is -2.34. The summed E-state index contributed by atoms with van der Waals surface area (Å²) in [7, 11) is 0. The van der Waals surface area contributed by atoms with Gasteiger partial charge in [0.15, 0.2) is 0 Å². The minimum absolute atomic E-state index is 0.0595. The van der Waals surface area contributed by atoms with E-state index in [0.29, 0.717) is 77.5 Å². The van der Waals surface area contributed by atoms with Crippen LogP contribution in [0.25, 0.3) is 45.7 Å². The van der Waals surface area contributed by atoms with Crippen LogP contribution < -0.4 is 9.47 Å². The summed E-state index contributed by atoms with van der Waals surface area (Å²) in [6, 6.07) is 25.8. The van der Waals surface area contributed by atoms with Crippen LogP contribution in [0.3, 0.4) is 0 Å². The number of carboxylic acid groups (broad SMARTS) is 1. The number of carbonyl (C=O) groups excluding carboxylic acids is 1. The Bertz CT molecular complexity index is 2910. The largest absolute Gasteiger partial charge is 0.490 e. The van der Waals surface area contributed by atoms with Crippen LogP contribution in [0.5, 0.6) is 11.5 Å². The summed E-state index contributed by atoms with van der Waals surface area (Å²) >= 11 is 0. The molecule has 1 atom stereocenters. The third-order valence-corrected chi connectivity index (χ3v) is 11.9. The molecule has 0 saturated heterocycles. The van der Waals surface area contributed by atoms with Crippen LogP contribution in [0.15, 0.2) is 81.8 Å². The molecule has 0 radical (unpaired) electrons. The van der Waals surface area contributed by atoms with Crippen molar-refractivity contribution in [3.05, 3.63) is 106 Å². The lowest BCUT2D eigenvalue weighted by atomic mass is 9.96. The summed E-state index contributed by atoms with van der Waals surface area (Å²) in [4.78, 5) is 39.7. The molecule has 1 unspecified atom stereocenters. The van der Waals surface area contributed by atoms with Crippen molar-refractivity contribution in [1.82, 2.24) is 30.1 Å². The number of aromatic nitrogens is 4. The number of hydrogen-bond donors (Lipinski definition) is 1. The molecule has 0 saturated carbocycles. The minimum atomic E-state index is -1.06. The predicted molar refractivity (Wildman–Crippen MR) is 250 cm³/mol. The molecule has 68 heavy (non-hydrogen) atoms. The number of rotatable bonds is 15. The lowest BCUT2D eigenvalue weighted by Crippen LogP contribution is -2.47. The number of carboxylic acids is 1. The molecule has 4 heterocycles. The van der Waals surface area contributed by atoms with Crippen molar-refractivity contribution in [1.29, 1.82) is 10.5 Å². The van der Waals surface area contributed by atoms with E-state index in [1.54, 1.807) is 50.2 Å². The molecule has 4 aromatic carbocycles. The Morgan fingerprint density at radius 1 is 0.706 bits per heavy atom. The molecular weight excluding hydrogens is 865 g/mol. The molecule has 0 spiro atoms. The Morgan fingerprint density at radius 3 is 1.71 bits per heavy atom. The first kappa shape index (κ1) is 47.1. The average Bonchev–Trinajstić information content (AvgIpc) is 3.90. The molecule has 1 N–H and O–H groups in total. The molecule has 16 heteroatoms. The number of fused-ring (bicyclic) bond motifs is 2. The van der Waals surface area contributed by atoms with E-state index in [-0.39, 0.29) is 31.1 Å².